The van der Waals surface area contributed by atoms with Crippen molar-refractivity contribution in [3.05, 3.63) is 27.8 Å². The van der Waals surface area contributed by atoms with E-state index in [2.05, 4.69) is 24.1 Å². The van der Waals surface area contributed by atoms with E-state index < -0.39 is 0 Å². The Labute approximate surface area is 128 Å². The van der Waals surface area contributed by atoms with Gasteiger partial charge in [-0.25, -0.2) is 4.98 Å². The Morgan fingerprint density at radius 2 is 2.24 bits per heavy atom. The summed E-state index contributed by atoms with van der Waals surface area (Å²) >= 11 is 1.42. The summed E-state index contributed by atoms with van der Waals surface area (Å²) in [5.41, 5.74) is 2.81. The minimum absolute atomic E-state index is 0.0964. The normalized spacial score (nSPS) is 12.5. The van der Waals surface area contributed by atoms with Gasteiger partial charge >= 0.3 is 5.69 Å². The number of rotatable bonds is 8. The van der Waals surface area contributed by atoms with Crippen LogP contribution in [0.2, 0.25) is 0 Å². The maximum atomic E-state index is 11.4. The molecule has 5 nitrogen and oxygen atoms in total. The predicted octanol–water partition coefficient (Wildman–Crippen LogP) is 4.83. The molecular weight excluding hydrogens is 286 g/mol. The number of aromatic nitrogens is 1. The fraction of sp³-hybridized carbons (Fsp3) is 0.533. The van der Waals surface area contributed by atoms with Gasteiger partial charge in [-0.15, -0.1) is 11.3 Å². The zero-order valence-electron chi connectivity index (χ0n) is 12.5. The van der Waals surface area contributed by atoms with Gasteiger partial charge in [0.25, 0.3) is 0 Å². The third-order valence-electron chi connectivity index (χ3n) is 3.78. The van der Waals surface area contributed by atoms with Crippen LogP contribution in [0.1, 0.15) is 39.5 Å². The number of nitrogens with zero attached hydrogens (tertiary/aromatic N) is 2. The number of hydrogen-bond acceptors (Lipinski definition) is 5. The number of nitro benzene ring substituents is 1. The average molecular weight is 307 g/mol. The van der Waals surface area contributed by atoms with Crippen LogP contribution in [-0.4, -0.2) is 16.5 Å². The van der Waals surface area contributed by atoms with Crippen molar-refractivity contribution in [3.8, 4) is 0 Å². The minimum atomic E-state index is -0.336. The summed E-state index contributed by atoms with van der Waals surface area (Å²) in [6.07, 6.45) is 4.63. The van der Waals surface area contributed by atoms with Gasteiger partial charge in [-0.2, -0.15) is 0 Å². The van der Waals surface area contributed by atoms with Gasteiger partial charge in [0, 0.05) is 6.54 Å². The Kier molecular flexibility index (Phi) is 5.50. The molecule has 2 aromatic rings. The van der Waals surface area contributed by atoms with Crippen molar-refractivity contribution in [2.24, 2.45) is 5.92 Å². The minimum Gasteiger partial charge on any atom is -0.379 e. The molecule has 0 spiro atoms. The number of unbranched alkanes of at least 4 members (excludes halogenated alkanes) is 1. The Morgan fingerprint density at radius 1 is 1.43 bits per heavy atom. The van der Waals surface area contributed by atoms with E-state index in [1.165, 1.54) is 24.2 Å². The zero-order valence-corrected chi connectivity index (χ0v) is 13.3. The van der Waals surface area contributed by atoms with Gasteiger partial charge in [-0.05, 0) is 24.5 Å². The maximum absolute atomic E-state index is 11.4. The lowest BCUT2D eigenvalue weighted by atomic mass is 9.99. The molecular formula is C15H21N3O2S. The fourth-order valence-electron chi connectivity index (χ4n) is 2.44. The molecule has 0 aliphatic carbocycles. The predicted molar refractivity (Wildman–Crippen MR) is 88.1 cm³/mol. The molecule has 6 heteroatoms. The highest BCUT2D eigenvalue weighted by molar-refractivity contribution is 7.16. The standard InChI is InChI=1S/C15H21N3O2S/c1-3-5-6-11(4-2)9-16-12-7-8-13-14(17-10-21-13)15(12)18(19)20/h7-8,10-11,16H,3-6,9H2,1-2H3. The van der Waals surface area contributed by atoms with Crippen molar-refractivity contribution in [1.82, 2.24) is 4.98 Å². The van der Waals surface area contributed by atoms with Crippen molar-refractivity contribution < 1.29 is 4.92 Å². The van der Waals surface area contributed by atoms with Crippen LogP contribution >= 0.6 is 11.3 Å². The highest BCUT2D eigenvalue weighted by Gasteiger charge is 2.21. The summed E-state index contributed by atoms with van der Waals surface area (Å²) in [7, 11) is 0. The van der Waals surface area contributed by atoms with Crippen molar-refractivity contribution in [2.75, 3.05) is 11.9 Å². The molecule has 1 unspecified atom stereocenters. The number of hydrogen-bond donors (Lipinski definition) is 1. The first kappa shape index (κ1) is 15.7. The molecule has 1 atom stereocenters. The molecule has 0 saturated heterocycles. The van der Waals surface area contributed by atoms with Gasteiger partial charge in [-0.1, -0.05) is 33.1 Å². The molecule has 21 heavy (non-hydrogen) atoms. The summed E-state index contributed by atoms with van der Waals surface area (Å²) in [6.45, 7) is 5.12. The second-order valence-electron chi connectivity index (χ2n) is 5.22. The first-order chi connectivity index (χ1) is 10.2. The lowest BCUT2D eigenvalue weighted by molar-refractivity contribution is -0.382. The molecule has 114 valence electrons. The number of anilines is 1. The third-order valence-corrected chi connectivity index (χ3v) is 4.58. The summed E-state index contributed by atoms with van der Waals surface area (Å²) < 4.78 is 0.852. The topological polar surface area (TPSA) is 68.1 Å². The monoisotopic (exact) mass is 307 g/mol. The van der Waals surface area contributed by atoms with Gasteiger partial charge in [0.2, 0.25) is 0 Å². The van der Waals surface area contributed by atoms with Gasteiger partial charge < -0.3 is 5.32 Å². The number of nitrogens with one attached hydrogen (secondary N) is 1. The van der Waals surface area contributed by atoms with Gasteiger partial charge in [0.05, 0.1) is 15.1 Å². The van der Waals surface area contributed by atoms with Crippen molar-refractivity contribution in [1.29, 1.82) is 0 Å². The Hall–Kier alpha value is -1.69. The fourth-order valence-corrected chi connectivity index (χ4v) is 3.12. The second kappa shape index (κ2) is 7.36. The first-order valence-electron chi connectivity index (χ1n) is 7.41. The molecule has 1 aromatic carbocycles. The molecule has 0 aliphatic rings. The summed E-state index contributed by atoms with van der Waals surface area (Å²) in [4.78, 5) is 15.1. The molecule has 1 aromatic heterocycles. The van der Waals surface area contributed by atoms with Crippen molar-refractivity contribution in [2.45, 2.75) is 39.5 Å². The Balaban J connectivity index is 2.17. The molecule has 0 fully saturated rings. The Morgan fingerprint density at radius 3 is 2.90 bits per heavy atom. The average Bonchev–Trinajstić information content (AvgIpc) is 2.94. The van der Waals surface area contributed by atoms with E-state index in [4.69, 9.17) is 0 Å². The molecule has 0 radical (unpaired) electrons. The summed E-state index contributed by atoms with van der Waals surface area (Å²) in [5, 5.41) is 14.6. The lowest BCUT2D eigenvalue weighted by Gasteiger charge is -2.16. The van der Waals surface area contributed by atoms with E-state index in [-0.39, 0.29) is 10.6 Å². The number of fused-ring (bicyclic) bond motifs is 1. The van der Waals surface area contributed by atoms with E-state index in [0.717, 1.165) is 24.1 Å². The molecule has 1 N–H and O–H groups in total. The summed E-state index contributed by atoms with van der Waals surface area (Å²) in [5.74, 6) is 0.552. The van der Waals surface area contributed by atoms with E-state index in [1.54, 1.807) is 11.6 Å². The van der Waals surface area contributed by atoms with Crippen LogP contribution in [0.15, 0.2) is 17.6 Å². The molecule has 1 heterocycles. The third kappa shape index (κ3) is 3.69. The molecule has 0 aliphatic heterocycles. The van der Waals surface area contributed by atoms with Crippen LogP contribution < -0.4 is 5.32 Å². The van der Waals surface area contributed by atoms with Gasteiger partial charge in [0.15, 0.2) is 5.52 Å². The SMILES string of the molecule is CCCCC(CC)CNc1ccc2scnc2c1[N+](=O)[O-]. The number of thiazole rings is 1. The maximum Gasteiger partial charge on any atom is 0.319 e. The van der Waals surface area contributed by atoms with E-state index in [1.807, 2.05) is 6.07 Å². The van der Waals surface area contributed by atoms with Crippen molar-refractivity contribution >= 4 is 32.9 Å². The highest BCUT2D eigenvalue weighted by atomic mass is 32.1. The highest BCUT2D eigenvalue weighted by Crippen LogP contribution is 2.34. The Bertz CT molecular complexity index is 612. The smallest absolute Gasteiger partial charge is 0.319 e. The molecule has 0 amide bonds. The van der Waals surface area contributed by atoms with Crippen molar-refractivity contribution in [3.63, 3.8) is 0 Å². The largest absolute Gasteiger partial charge is 0.379 e. The van der Waals surface area contributed by atoms with E-state index in [0.29, 0.717) is 17.1 Å². The van der Waals surface area contributed by atoms with Gasteiger partial charge in [0.1, 0.15) is 5.69 Å². The number of nitro groups is 1. The lowest BCUT2D eigenvalue weighted by Crippen LogP contribution is -2.14. The van der Waals surface area contributed by atoms with Crippen LogP contribution in [0.4, 0.5) is 11.4 Å². The van der Waals surface area contributed by atoms with Crippen LogP contribution in [0.5, 0.6) is 0 Å². The van der Waals surface area contributed by atoms with E-state index >= 15 is 0 Å². The first-order valence-corrected chi connectivity index (χ1v) is 8.29. The second-order valence-corrected chi connectivity index (χ2v) is 6.10. The van der Waals surface area contributed by atoms with Crippen LogP contribution in [0, 0.1) is 16.0 Å². The quantitative estimate of drug-likeness (QED) is 0.560. The van der Waals surface area contributed by atoms with Crippen LogP contribution in [-0.2, 0) is 0 Å². The molecule has 0 saturated carbocycles. The zero-order chi connectivity index (χ0) is 15.2. The van der Waals surface area contributed by atoms with Gasteiger partial charge in [-0.3, -0.25) is 10.1 Å². The van der Waals surface area contributed by atoms with Crippen LogP contribution in [0.25, 0.3) is 10.2 Å². The molecule has 0 bridgehead atoms. The summed E-state index contributed by atoms with van der Waals surface area (Å²) in [6, 6.07) is 3.69. The van der Waals surface area contributed by atoms with E-state index in [9.17, 15) is 10.1 Å². The number of benzene rings is 1. The molecule has 2 rings (SSSR count). The van der Waals surface area contributed by atoms with Crippen LogP contribution in [0.3, 0.4) is 0 Å².